The topological polar surface area (TPSA) is 70.7 Å². The standard InChI is InChI=1S/C16H8F6N4O/c17-9-3-7(15(27)24-14-10(18)5-23-6-11(14)19)1-2-8(9)12-4-13(26-25-12)16(20,21)22/h1-6H,(H,25,26)(H,23,24,27). The van der Waals surface area contributed by atoms with Gasteiger partial charge in [-0.2, -0.15) is 18.3 Å². The van der Waals surface area contributed by atoms with Gasteiger partial charge in [0.2, 0.25) is 0 Å². The van der Waals surface area contributed by atoms with E-state index in [0.29, 0.717) is 24.5 Å². The number of amides is 1. The molecule has 5 nitrogen and oxygen atoms in total. The lowest BCUT2D eigenvalue weighted by Gasteiger charge is -2.08. The van der Waals surface area contributed by atoms with Gasteiger partial charge in [0.1, 0.15) is 17.2 Å². The van der Waals surface area contributed by atoms with Gasteiger partial charge in [-0.25, -0.2) is 13.2 Å². The molecule has 2 N–H and O–H groups in total. The van der Waals surface area contributed by atoms with Crippen molar-refractivity contribution in [3.05, 3.63) is 65.4 Å². The average molecular weight is 386 g/mol. The zero-order valence-electron chi connectivity index (χ0n) is 13.0. The molecule has 2 aromatic heterocycles. The summed E-state index contributed by atoms with van der Waals surface area (Å²) in [7, 11) is 0. The Morgan fingerprint density at radius 3 is 2.22 bits per heavy atom. The maximum absolute atomic E-state index is 14.2. The van der Waals surface area contributed by atoms with Crippen molar-refractivity contribution in [2.24, 2.45) is 0 Å². The van der Waals surface area contributed by atoms with Gasteiger partial charge in [0, 0.05) is 11.1 Å². The molecule has 0 atom stereocenters. The van der Waals surface area contributed by atoms with Gasteiger partial charge in [-0.3, -0.25) is 14.9 Å². The number of rotatable bonds is 3. The molecule has 2 heterocycles. The molecule has 0 aliphatic carbocycles. The van der Waals surface area contributed by atoms with Crippen LogP contribution in [0.1, 0.15) is 16.1 Å². The van der Waals surface area contributed by atoms with Crippen LogP contribution in [0.3, 0.4) is 0 Å². The Morgan fingerprint density at radius 1 is 1.00 bits per heavy atom. The number of carbonyl (C=O) groups excluding carboxylic acids is 1. The van der Waals surface area contributed by atoms with E-state index in [-0.39, 0.29) is 16.8 Å². The first-order valence-corrected chi connectivity index (χ1v) is 7.19. The van der Waals surface area contributed by atoms with Crippen molar-refractivity contribution in [1.29, 1.82) is 0 Å². The molecule has 0 saturated carbocycles. The predicted octanol–water partition coefficient (Wildman–Crippen LogP) is 4.16. The first-order chi connectivity index (χ1) is 12.7. The van der Waals surface area contributed by atoms with E-state index in [2.05, 4.69) is 10.1 Å². The van der Waals surface area contributed by atoms with Crippen LogP contribution in [0.4, 0.5) is 32.0 Å². The molecule has 1 amide bonds. The van der Waals surface area contributed by atoms with Crippen LogP contribution in [-0.2, 0) is 6.18 Å². The summed E-state index contributed by atoms with van der Waals surface area (Å²) in [6.07, 6.45) is -3.32. The zero-order chi connectivity index (χ0) is 19.8. The molecule has 3 rings (SSSR count). The van der Waals surface area contributed by atoms with Crippen LogP contribution in [0, 0.1) is 17.5 Å². The van der Waals surface area contributed by atoms with Crippen LogP contribution in [0.5, 0.6) is 0 Å². The van der Waals surface area contributed by atoms with Gasteiger partial charge in [0.15, 0.2) is 11.6 Å². The van der Waals surface area contributed by atoms with Gasteiger partial charge in [0.05, 0.1) is 18.1 Å². The molecule has 0 aliphatic heterocycles. The molecule has 140 valence electrons. The molecule has 3 aromatic rings. The summed E-state index contributed by atoms with van der Waals surface area (Å²) in [4.78, 5) is 15.3. The van der Waals surface area contributed by atoms with Crippen LogP contribution in [0.15, 0.2) is 36.7 Å². The van der Waals surface area contributed by atoms with E-state index >= 15 is 0 Å². The smallest absolute Gasteiger partial charge is 0.317 e. The van der Waals surface area contributed by atoms with Crippen molar-refractivity contribution < 1.29 is 31.1 Å². The number of pyridine rings is 1. The number of H-pyrrole nitrogens is 1. The van der Waals surface area contributed by atoms with Gasteiger partial charge >= 0.3 is 6.18 Å². The van der Waals surface area contributed by atoms with Crippen LogP contribution in [-0.4, -0.2) is 21.1 Å². The Labute approximate surface area is 147 Å². The van der Waals surface area contributed by atoms with Gasteiger partial charge in [0.25, 0.3) is 5.91 Å². The van der Waals surface area contributed by atoms with E-state index in [1.165, 1.54) is 0 Å². The number of aromatic nitrogens is 3. The SMILES string of the molecule is O=C(Nc1c(F)cncc1F)c1ccc(-c2cc(C(F)(F)F)[nH]n2)c(F)c1. The highest BCUT2D eigenvalue weighted by atomic mass is 19.4. The fourth-order valence-electron chi connectivity index (χ4n) is 2.19. The largest absolute Gasteiger partial charge is 0.432 e. The van der Waals surface area contributed by atoms with Crippen LogP contribution >= 0.6 is 0 Å². The van der Waals surface area contributed by atoms with E-state index in [0.717, 1.165) is 12.1 Å². The van der Waals surface area contributed by atoms with Gasteiger partial charge in [-0.1, -0.05) is 0 Å². The molecule has 1 aromatic carbocycles. The molecular weight excluding hydrogens is 378 g/mol. The Morgan fingerprint density at radius 2 is 1.67 bits per heavy atom. The van der Waals surface area contributed by atoms with E-state index < -0.39 is 40.9 Å². The Bertz CT molecular complexity index is 994. The normalized spacial score (nSPS) is 11.5. The number of carbonyl (C=O) groups is 1. The van der Waals surface area contributed by atoms with Gasteiger partial charge < -0.3 is 5.32 Å². The molecule has 0 spiro atoms. The van der Waals surface area contributed by atoms with Crippen LogP contribution in [0.25, 0.3) is 11.3 Å². The number of aromatic amines is 1. The van der Waals surface area contributed by atoms with E-state index in [4.69, 9.17) is 0 Å². The Hall–Kier alpha value is -3.37. The number of halogens is 6. The lowest BCUT2D eigenvalue weighted by Crippen LogP contribution is -2.15. The van der Waals surface area contributed by atoms with E-state index in [1.54, 1.807) is 5.10 Å². The average Bonchev–Trinajstić information content (AvgIpc) is 3.08. The zero-order valence-corrected chi connectivity index (χ0v) is 13.0. The summed E-state index contributed by atoms with van der Waals surface area (Å²) >= 11 is 0. The Kier molecular flexibility index (Phi) is 4.60. The van der Waals surface area contributed by atoms with E-state index in [1.807, 2.05) is 5.32 Å². The second-order valence-corrected chi connectivity index (χ2v) is 5.29. The second-order valence-electron chi connectivity index (χ2n) is 5.29. The highest BCUT2D eigenvalue weighted by molar-refractivity contribution is 6.04. The molecule has 0 saturated heterocycles. The number of hydrogen-bond acceptors (Lipinski definition) is 3. The monoisotopic (exact) mass is 386 g/mol. The summed E-state index contributed by atoms with van der Waals surface area (Å²) in [6, 6.07) is 3.43. The van der Waals surface area contributed by atoms with Crippen molar-refractivity contribution >= 4 is 11.6 Å². The molecule has 0 aliphatic rings. The third-order valence-corrected chi connectivity index (χ3v) is 3.48. The number of nitrogens with one attached hydrogen (secondary N) is 2. The molecule has 0 bridgehead atoms. The summed E-state index contributed by atoms with van der Waals surface area (Å²) in [6.45, 7) is 0. The lowest BCUT2D eigenvalue weighted by molar-refractivity contribution is -0.141. The van der Waals surface area contributed by atoms with Crippen LogP contribution < -0.4 is 5.32 Å². The van der Waals surface area contributed by atoms with Crippen LogP contribution in [0.2, 0.25) is 0 Å². The van der Waals surface area contributed by atoms with Crippen molar-refractivity contribution in [1.82, 2.24) is 15.2 Å². The van der Waals surface area contributed by atoms with Gasteiger partial charge in [-0.05, 0) is 24.3 Å². The molecule has 27 heavy (non-hydrogen) atoms. The highest BCUT2D eigenvalue weighted by Gasteiger charge is 2.33. The summed E-state index contributed by atoms with van der Waals surface area (Å²) < 4.78 is 78.9. The lowest BCUT2D eigenvalue weighted by atomic mass is 10.1. The van der Waals surface area contributed by atoms with Crippen molar-refractivity contribution in [2.75, 3.05) is 5.32 Å². The van der Waals surface area contributed by atoms with Crippen molar-refractivity contribution in [2.45, 2.75) is 6.18 Å². The third kappa shape index (κ3) is 3.76. The minimum atomic E-state index is -4.68. The second kappa shape index (κ2) is 6.74. The maximum atomic E-state index is 14.2. The quantitative estimate of drug-likeness (QED) is 0.664. The molecular formula is C16H8F6N4O. The third-order valence-electron chi connectivity index (χ3n) is 3.48. The molecule has 0 unspecified atom stereocenters. The predicted molar refractivity (Wildman–Crippen MR) is 81.1 cm³/mol. The van der Waals surface area contributed by atoms with Crippen molar-refractivity contribution in [3.63, 3.8) is 0 Å². The maximum Gasteiger partial charge on any atom is 0.432 e. The fraction of sp³-hybridized carbons (Fsp3) is 0.0625. The van der Waals surface area contributed by atoms with Crippen molar-refractivity contribution in [3.8, 4) is 11.3 Å². The molecule has 0 fully saturated rings. The minimum Gasteiger partial charge on any atom is -0.317 e. The number of alkyl halides is 3. The summed E-state index contributed by atoms with van der Waals surface area (Å²) in [5.74, 6) is -4.32. The molecule has 0 radical (unpaired) electrons. The number of anilines is 1. The Balaban J connectivity index is 1.86. The number of benzene rings is 1. The van der Waals surface area contributed by atoms with E-state index in [9.17, 15) is 31.1 Å². The first kappa shape index (κ1) is 18.4. The first-order valence-electron chi connectivity index (χ1n) is 7.19. The number of nitrogens with zero attached hydrogens (tertiary/aromatic N) is 2. The molecule has 11 heteroatoms. The van der Waals surface area contributed by atoms with Gasteiger partial charge in [-0.15, -0.1) is 0 Å². The minimum absolute atomic E-state index is 0.292. The summed E-state index contributed by atoms with van der Waals surface area (Å²) in [5.41, 5.74) is -2.85. The summed E-state index contributed by atoms with van der Waals surface area (Å²) in [5, 5.41) is 7.07. The highest BCUT2D eigenvalue weighted by Crippen LogP contribution is 2.31. The number of hydrogen-bond donors (Lipinski definition) is 2. The fourth-order valence-corrected chi connectivity index (χ4v) is 2.19.